The fraction of sp³-hybridized carbons (Fsp3) is 0.115. The SMILES string of the molecule is COC(=O)c1cc(Cl)ccc1Cc1cccc2c1c(Cc1ccccc1)cn2Cc1ccccc1.O=C(O)c1cc(Cl)ccc1Cc1cccc2c1c(Cc1ccccc1)cn2Cc1ccccc1. The number of ether oxygens (including phenoxy) is 1. The minimum atomic E-state index is -0.962. The van der Waals surface area contributed by atoms with Crippen molar-refractivity contribution in [3.8, 4) is 0 Å². The number of carbonyl (C=O) groups is 2. The molecule has 0 aliphatic carbocycles. The highest BCUT2D eigenvalue weighted by molar-refractivity contribution is 6.31. The minimum absolute atomic E-state index is 0.248. The van der Waals surface area contributed by atoms with Crippen molar-refractivity contribution in [2.45, 2.75) is 38.8 Å². The number of fused-ring (bicyclic) bond motifs is 2. The Balaban J connectivity index is 0.000000172. The molecule has 6 nitrogen and oxygen atoms in total. The average Bonchev–Trinajstić information content (AvgIpc) is 3.90. The molecule has 0 amide bonds. The van der Waals surface area contributed by atoms with Gasteiger partial charge in [0.15, 0.2) is 0 Å². The third-order valence-corrected chi connectivity index (χ3v) is 13.0. The van der Waals surface area contributed by atoms with E-state index in [9.17, 15) is 14.7 Å². The quantitative estimate of drug-likeness (QED) is 0.110. The first kappa shape index (κ1) is 46.5. The highest BCUT2D eigenvalue weighted by Crippen LogP contribution is 2.33. The summed E-state index contributed by atoms with van der Waals surface area (Å²) in [6, 6.07) is 65.2. The molecule has 10 rings (SSSR count). The molecule has 69 heavy (non-hydrogen) atoms. The van der Waals surface area contributed by atoms with Gasteiger partial charge >= 0.3 is 11.9 Å². The van der Waals surface area contributed by atoms with Crippen molar-refractivity contribution in [1.82, 2.24) is 9.13 Å². The van der Waals surface area contributed by atoms with Crippen LogP contribution in [0.4, 0.5) is 0 Å². The molecule has 0 spiro atoms. The Bertz CT molecular complexity index is 3380. The molecule has 2 aromatic heterocycles. The second-order valence-corrected chi connectivity index (χ2v) is 18.1. The number of aromatic nitrogens is 2. The van der Waals surface area contributed by atoms with Crippen LogP contribution >= 0.6 is 23.2 Å². The average molecular weight is 946 g/mol. The summed E-state index contributed by atoms with van der Waals surface area (Å²) in [6.07, 6.45) is 7.29. The maximum absolute atomic E-state index is 12.5. The summed E-state index contributed by atoms with van der Waals surface area (Å²) in [6.45, 7) is 1.57. The van der Waals surface area contributed by atoms with Crippen LogP contribution in [0.25, 0.3) is 21.8 Å². The predicted molar refractivity (Wildman–Crippen MR) is 280 cm³/mol. The van der Waals surface area contributed by atoms with Crippen LogP contribution in [0.2, 0.25) is 10.0 Å². The Morgan fingerprint density at radius 2 is 0.826 bits per heavy atom. The maximum atomic E-state index is 12.5. The second kappa shape index (κ2) is 21.5. The third-order valence-electron chi connectivity index (χ3n) is 12.5. The van der Waals surface area contributed by atoms with Gasteiger partial charge < -0.3 is 19.0 Å². The highest BCUT2D eigenvalue weighted by atomic mass is 35.5. The number of methoxy groups -OCH3 is 1. The molecule has 8 heteroatoms. The van der Waals surface area contributed by atoms with Gasteiger partial charge in [0, 0.05) is 57.3 Å². The molecular formula is C61H50Cl2N2O4. The van der Waals surface area contributed by atoms with Gasteiger partial charge in [0.25, 0.3) is 0 Å². The van der Waals surface area contributed by atoms with Gasteiger partial charge in [-0.1, -0.05) is 181 Å². The zero-order valence-corrected chi connectivity index (χ0v) is 39.7. The van der Waals surface area contributed by atoms with E-state index < -0.39 is 5.97 Å². The number of halogens is 2. The number of rotatable bonds is 14. The Kier molecular flexibility index (Phi) is 14.5. The molecule has 0 radical (unpaired) electrons. The van der Waals surface area contributed by atoms with Gasteiger partial charge in [-0.15, -0.1) is 0 Å². The van der Waals surface area contributed by atoms with Gasteiger partial charge in [-0.25, -0.2) is 9.59 Å². The van der Waals surface area contributed by atoms with Crippen LogP contribution in [0.15, 0.2) is 207 Å². The molecule has 1 N–H and O–H groups in total. The Hall–Kier alpha value is -7.64. The number of aromatic carboxylic acids is 1. The Morgan fingerprint density at radius 1 is 0.435 bits per heavy atom. The first-order chi connectivity index (χ1) is 33.7. The van der Waals surface area contributed by atoms with Crippen LogP contribution < -0.4 is 0 Å². The molecule has 342 valence electrons. The third kappa shape index (κ3) is 11.1. The summed E-state index contributed by atoms with van der Waals surface area (Å²) >= 11 is 12.3. The molecule has 0 aliphatic heterocycles. The first-order valence-electron chi connectivity index (χ1n) is 22.9. The van der Waals surface area contributed by atoms with E-state index in [1.165, 1.54) is 68.4 Å². The van der Waals surface area contributed by atoms with E-state index in [0.717, 1.165) is 48.1 Å². The monoisotopic (exact) mass is 944 g/mol. The predicted octanol–water partition coefficient (Wildman–Crippen LogP) is 14.5. The molecule has 0 atom stereocenters. The molecule has 0 unspecified atom stereocenters. The number of nitrogens with zero attached hydrogens (tertiary/aromatic N) is 2. The molecule has 0 saturated heterocycles. The van der Waals surface area contributed by atoms with Gasteiger partial charge in [-0.05, 0) is 118 Å². The number of benzene rings is 8. The number of carboxylic acid groups (broad SMARTS) is 1. The largest absolute Gasteiger partial charge is 0.478 e. The minimum Gasteiger partial charge on any atom is -0.478 e. The number of esters is 1. The van der Waals surface area contributed by atoms with Gasteiger partial charge in [0.1, 0.15) is 0 Å². The summed E-state index contributed by atoms with van der Waals surface area (Å²) < 4.78 is 9.66. The highest BCUT2D eigenvalue weighted by Gasteiger charge is 2.19. The zero-order chi connectivity index (χ0) is 47.7. The number of carbonyl (C=O) groups excluding carboxylic acids is 1. The Labute approximate surface area is 412 Å². The van der Waals surface area contributed by atoms with Gasteiger partial charge in [-0.3, -0.25) is 0 Å². The van der Waals surface area contributed by atoms with Crippen molar-refractivity contribution >= 4 is 56.9 Å². The van der Waals surface area contributed by atoms with Crippen molar-refractivity contribution < 1.29 is 19.4 Å². The Morgan fingerprint density at radius 3 is 1.23 bits per heavy atom. The molecule has 2 heterocycles. The summed E-state index contributed by atoms with van der Waals surface area (Å²) in [7, 11) is 1.40. The number of carboxylic acids is 1. The van der Waals surface area contributed by atoms with E-state index in [1.54, 1.807) is 12.1 Å². The molecule has 0 saturated carbocycles. The van der Waals surface area contributed by atoms with E-state index in [1.807, 2.05) is 42.5 Å². The second-order valence-electron chi connectivity index (χ2n) is 17.2. The van der Waals surface area contributed by atoms with Crippen LogP contribution in [0.5, 0.6) is 0 Å². The summed E-state index contributed by atoms with van der Waals surface area (Å²) in [5.41, 5.74) is 14.5. The topological polar surface area (TPSA) is 73.5 Å². The van der Waals surface area contributed by atoms with E-state index >= 15 is 0 Å². The lowest BCUT2D eigenvalue weighted by Gasteiger charge is -2.12. The fourth-order valence-electron chi connectivity index (χ4n) is 9.37. The fourth-order valence-corrected chi connectivity index (χ4v) is 9.71. The van der Waals surface area contributed by atoms with E-state index in [0.29, 0.717) is 28.5 Å². The van der Waals surface area contributed by atoms with Crippen LogP contribution in [0.1, 0.15) is 76.4 Å². The molecule has 0 fully saturated rings. The van der Waals surface area contributed by atoms with Crippen LogP contribution in [-0.2, 0) is 43.5 Å². The zero-order valence-electron chi connectivity index (χ0n) is 38.2. The molecule has 8 aromatic carbocycles. The van der Waals surface area contributed by atoms with E-state index in [-0.39, 0.29) is 11.5 Å². The first-order valence-corrected chi connectivity index (χ1v) is 23.7. The molecule has 10 aromatic rings. The molecule has 0 aliphatic rings. The van der Waals surface area contributed by atoms with Crippen molar-refractivity contribution in [1.29, 1.82) is 0 Å². The van der Waals surface area contributed by atoms with E-state index in [2.05, 4.69) is 155 Å². The van der Waals surface area contributed by atoms with Crippen molar-refractivity contribution in [3.05, 3.63) is 283 Å². The van der Waals surface area contributed by atoms with Gasteiger partial charge in [-0.2, -0.15) is 0 Å². The maximum Gasteiger partial charge on any atom is 0.338 e. The summed E-state index contributed by atoms with van der Waals surface area (Å²) in [5.74, 6) is -1.34. The van der Waals surface area contributed by atoms with Gasteiger partial charge in [0.05, 0.1) is 18.2 Å². The van der Waals surface area contributed by atoms with Crippen molar-refractivity contribution in [2.24, 2.45) is 0 Å². The molecular weight excluding hydrogens is 896 g/mol. The number of hydrogen-bond donors (Lipinski definition) is 1. The lowest BCUT2D eigenvalue weighted by Crippen LogP contribution is -2.06. The summed E-state index contributed by atoms with van der Waals surface area (Å²) in [5, 5.41) is 13.1. The van der Waals surface area contributed by atoms with Gasteiger partial charge in [0.2, 0.25) is 0 Å². The van der Waals surface area contributed by atoms with Crippen LogP contribution in [-0.4, -0.2) is 33.3 Å². The number of hydrogen-bond acceptors (Lipinski definition) is 3. The smallest absolute Gasteiger partial charge is 0.338 e. The lowest BCUT2D eigenvalue weighted by molar-refractivity contribution is 0.0598. The molecule has 0 bridgehead atoms. The van der Waals surface area contributed by atoms with Crippen molar-refractivity contribution in [2.75, 3.05) is 7.11 Å². The standard InChI is InChI=1S/C31H26ClNO2.C30H24ClNO2/c1-35-31(34)28-19-27(32)16-15-24(28)18-25-13-8-14-29-30(25)26(17-22-9-4-2-5-10-22)21-33(29)20-23-11-6-3-7-12-23;31-26-15-14-23(27(18-26)30(33)34)17-24-12-7-13-28-29(24)25(16-21-8-3-1-4-9-21)20-32(28)19-22-10-5-2-6-11-22/h2-16,19,21H,17-18,20H2,1H3;1-15,18,20H,16-17,19H2,(H,33,34). The van der Waals surface area contributed by atoms with Crippen molar-refractivity contribution in [3.63, 3.8) is 0 Å². The van der Waals surface area contributed by atoms with E-state index in [4.69, 9.17) is 27.9 Å². The normalized spacial score (nSPS) is 11.1. The van der Waals surface area contributed by atoms with Crippen LogP contribution in [0.3, 0.4) is 0 Å². The summed E-state index contributed by atoms with van der Waals surface area (Å²) in [4.78, 5) is 24.4. The lowest BCUT2D eigenvalue weighted by atomic mass is 9.94. The van der Waals surface area contributed by atoms with Crippen LogP contribution in [0, 0.1) is 0 Å².